The fourth-order valence-corrected chi connectivity index (χ4v) is 5.36. The first-order valence-corrected chi connectivity index (χ1v) is 10.8. The fourth-order valence-electron chi connectivity index (χ4n) is 5.36. The molecule has 2 heterocycles. The summed E-state index contributed by atoms with van der Waals surface area (Å²) in [6.07, 6.45) is 9.11. The summed E-state index contributed by atoms with van der Waals surface area (Å²) in [5, 5.41) is 1.44. The van der Waals surface area contributed by atoms with Crippen LogP contribution in [0.5, 0.6) is 0 Å². The van der Waals surface area contributed by atoms with Crippen molar-refractivity contribution >= 4 is 10.9 Å². The van der Waals surface area contributed by atoms with Crippen LogP contribution in [0.2, 0.25) is 0 Å². The third kappa shape index (κ3) is 3.07. The molecule has 0 radical (unpaired) electrons. The molecule has 0 bridgehead atoms. The maximum Gasteiger partial charge on any atom is 0.107 e. The lowest BCUT2D eigenvalue weighted by atomic mass is 9.81. The lowest BCUT2D eigenvalue weighted by molar-refractivity contribution is -0.282. The topological polar surface area (TPSA) is 23.4 Å². The number of hydrogen-bond acceptors (Lipinski definition) is 2. The lowest BCUT2D eigenvalue weighted by Gasteiger charge is -2.24. The van der Waals surface area contributed by atoms with Crippen molar-refractivity contribution in [3.63, 3.8) is 0 Å². The van der Waals surface area contributed by atoms with E-state index in [9.17, 15) is 0 Å². The number of nitrogens with zero attached hydrogens (tertiary/aromatic N) is 1. The van der Waals surface area contributed by atoms with E-state index in [0.717, 1.165) is 13.0 Å². The molecule has 1 aliphatic heterocycles. The Morgan fingerprint density at radius 3 is 2.71 bits per heavy atom. The molecule has 2 aromatic carbocycles. The van der Waals surface area contributed by atoms with Crippen molar-refractivity contribution in [2.45, 2.75) is 64.0 Å². The summed E-state index contributed by atoms with van der Waals surface area (Å²) in [5.74, 6) is 0.680. The summed E-state index contributed by atoms with van der Waals surface area (Å²) >= 11 is 0. The van der Waals surface area contributed by atoms with Gasteiger partial charge in [-0.1, -0.05) is 55.7 Å². The van der Waals surface area contributed by atoms with Crippen molar-refractivity contribution in [2.75, 3.05) is 7.11 Å². The Labute approximate surface area is 167 Å². The normalized spacial score (nSPS) is 17.3. The van der Waals surface area contributed by atoms with Crippen LogP contribution in [0.4, 0.5) is 0 Å². The van der Waals surface area contributed by atoms with Crippen LogP contribution in [0.15, 0.2) is 42.5 Å². The predicted octanol–water partition coefficient (Wildman–Crippen LogP) is 6.38. The molecule has 3 heteroatoms. The van der Waals surface area contributed by atoms with Crippen molar-refractivity contribution in [3.05, 3.63) is 59.2 Å². The van der Waals surface area contributed by atoms with E-state index in [-0.39, 0.29) is 0 Å². The largest absolute Gasteiger partial charge is 0.340 e. The molecule has 3 nitrogen and oxygen atoms in total. The Balaban J connectivity index is 1.75. The van der Waals surface area contributed by atoms with Crippen LogP contribution in [-0.2, 0) is 29.3 Å². The SMILES string of the molecule is COOCc1ccc2c(C3CCCCC3)c3n(c2c1)CCCc1ccccc1-3. The van der Waals surface area contributed by atoms with E-state index in [4.69, 9.17) is 9.78 Å². The van der Waals surface area contributed by atoms with Gasteiger partial charge in [0.25, 0.3) is 0 Å². The Morgan fingerprint density at radius 2 is 1.86 bits per heavy atom. The zero-order valence-corrected chi connectivity index (χ0v) is 16.7. The molecule has 0 spiro atoms. The second-order valence-corrected chi connectivity index (χ2v) is 8.29. The van der Waals surface area contributed by atoms with Crippen molar-refractivity contribution in [2.24, 2.45) is 0 Å². The van der Waals surface area contributed by atoms with E-state index >= 15 is 0 Å². The minimum Gasteiger partial charge on any atom is -0.340 e. The average Bonchev–Trinajstić information content (AvgIpc) is 2.94. The first-order valence-electron chi connectivity index (χ1n) is 10.8. The van der Waals surface area contributed by atoms with E-state index in [1.165, 1.54) is 71.8 Å². The number of hydrogen-bond donors (Lipinski definition) is 0. The quantitative estimate of drug-likeness (QED) is 0.390. The summed E-state index contributed by atoms with van der Waals surface area (Å²) < 4.78 is 2.60. The first-order chi connectivity index (χ1) is 13.9. The van der Waals surface area contributed by atoms with Gasteiger partial charge in [-0.2, -0.15) is 0 Å². The predicted molar refractivity (Wildman–Crippen MR) is 113 cm³/mol. The zero-order chi connectivity index (χ0) is 18.9. The Morgan fingerprint density at radius 1 is 1.00 bits per heavy atom. The van der Waals surface area contributed by atoms with Crippen molar-refractivity contribution in [1.82, 2.24) is 4.57 Å². The van der Waals surface area contributed by atoms with E-state index in [1.54, 1.807) is 12.7 Å². The molecule has 0 saturated heterocycles. The van der Waals surface area contributed by atoms with Crippen molar-refractivity contribution in [3.8, 4) is 11.3 Å². The third-order valence-corrected chi connectivity index (χ3v) is 6.63. The highest BCUT2D eigenvalue weighted by Crippen LogP contribution is 2.46. The van der Waals surface area contributed by atoms with Gasteiger partial charge in [0.05, 0.1) is 12.8 Å². The van der Waals surface area contributed by atoms with E-state index < -0.39 is 0 Å². The molecule has 5 rings (SSSR count). The van der Waals surface area contributed by atoms with Crippen LogP contribution in [-0.4, -0.2) is 11.7 Å². The van der Waals surface area contributed by atoms with Gasteiger partial charge in [-0.15, -0.1) is 0 Å². The first kappa shape index (κ1) is 18.0. The van der Waals surface area contributed by atoms with Gasteiger partial charge in [-0.05, 0) is 54.4 Å². The summed E-state index contributed by atoms with van der Waals surface area (Å²) in [4.78, 5) is 10.0. The number of fused-ring (bicyclic) bond motifs is 5. The highest BCUT2D eigenvalue weighted by molar-refractivity contribution is 5.93. The number of benzene rings is 2. The molecular formula is C25H29NO2. The molecule has 0 atom stereocenters. The number of rotatable bonds is 4. The summed E-state index contributed by atoms with van der Waals surface area (Å²) in [6.45, 7) is 1.57. The lowest BCUT2D eigenvalue weighted by Crippen LogP contribution is -2.06. The molecule has 0 N–H and O–H groups in total. The maximum absolute atomic E-state index is 5.21. The molecule has 146 valence electrons. The van der Waals surface area contributed by atoms with Gasteiger partial charge in [0.2, 0.25) is 0 Å². The minimum atomic E-state index is 0.488. The van der Waals surface area contributed by atoms with Gasteiger partial charge in [0.1, 0.15) is 6.61 Å². The Bertz CT molecular complexity index is 982. The van der Waals surface area contributed by atoms with E-state index in [0.29, 0.717) is 12.5 Å². The number of aromatic nitrogens is 1. The highest BCUT2D eigenvalue weighted by atomic mass is 17.2. The molecule has 3 aromatic rings. The van der Waals surface area contributed by atoms with E-state index in [1.807, 2.05) is 0 Å². The Kier molecular flexibility index (Phi) is 4.96. The summed E-state index contributed by atoms with van der Waals surface area (Å²) in [6, 6.07) is 15.9. The third-order valence-electron chi connectivity index (χ3n) is 6.63. The summed E-state index contributed by atoms with van der Waals surface area (Å²) in [7, 11) is 1.57. The van der Waals surface area contributed by atoms with E-state index in [2.05, 4.69) is 47.0 Å². The fraction of sp³-hybridized carbons (Fsp3) is 0.440. The van der Waals surface area contributed by atoms with Crippen molar-refractivity contribution in [1.29, 1.82) is 0 Å². The van der Waals surface area contributed by atoms with Gasteiger partial charge in [-0.25, -0.2) is 9.78 Å². The molecule has 0 unspecified atom stereocenters. The zero-order valence-electron chi connectivity index (χ0n) is 16.7. The minimum absolute atomic E-state index is 0.488. The standard InChI is InChI=1S/C25H29NO2/c1-27-28-17-18-13-14-22-23(16-18)26-15-7-11-19-8-5-6-12-21(19)25(26)24(22)20-9-3-2-4-10-20/h5-6,8,12-14,16,20H,2-4,7,9-11,15,17H2,1H3. The maximum atomic E-state index is 5.21. The molecule has 1 fully saturated rings. The number of aryl methyl sites for hydroxylation is 2. The van der Waals surface area contributed by atoms with Crippen LogP contribution in [0.25, 0.3) is 22.2 Å². The van der Waals surface area contributed by atoms with Gasteiger partial charge >= 0.3 is 0 Å². The van der Waals surface area contributed by atoms with Gasteiger partial charge in [0.15, 0.2) is 0 Å². The summed E-state index contributed by atoms with van der Waals surface area (Å²) in [5.41, 5.74) is 8.57. The molecule has 28 heavy (non-hydrogen) atoms. The highest BCUT2D eigenvalue weighted by Gasteiger charge is 2.28. The molecule has 1 saturated carbocycles. The van der Waals surface area contributed by atoms with Crippen LogP contribution in [0.3, 0.4) is 0 Å². The molecule has 2 aliphatic rings. The molecule has 1 aromatic heterocycles. The van der Waals surface area contributed by atoms with Crippen LogP contribution in [0, 0.1) is 0 Å². The molecular weight excluding hydrogens is 346 g/mol. The Hall–Kier alpha value is -2.10. The van der Waals surface area contributed by atoms with Gasteiger partial charge in [-0.3, -0.25) is 0 Å². The second-order valence-electron chi connectivity index (χ2n) is 8.29. The van der Waals surface area contributed by atoms with Crippen molar-refractivity contribution < 1.29 is 9.78 Å². The smallest absolute Gasteiger partial charge is 0.107 e. The van der Waals surface area contributed by atoms with Gasteiger partial charge in [0, 0.05) is 23.0 Å². The second kappa shape index (κ2) is 7.73. The van der Waals surface area contributed by atoms with Crippen LogP contribution >= 0.6 is 0 Å². The monoisotopic (exact) mass is 375 g/mol. The van der Waals surface area contributed by atoms with Crippen LogP contribution in [0.1, 0.15) is 61.1 Å². The van der Waals surface area contributed by atoms with Gasteiger partial charge < -0.3 is 4.57 Å². The molecule has 0 amide bonds. The van der Waals surface area contributed by atoms with Crippen LogP contribution < -0.4 is 0 Å². The average molecular weight is 376 g/mol. The molecule has 1 aliphatic carbocycles.